The normalized spacial score (nSPS) is 26.6. The third kappa shape index (κ3) is 4.35. The average molecular weight is 454 g/mol. The van der Waals surface area contributed by atoms with Crippen molar-refractivity contribution in [3.8, 4) is 11.5 Å². The van der Waals surface area contributed by atoms with E-state index in [2.05, 4.69) is 5.32 Å². The Bertz CT molecular complexity index is 968. The molecule has 33 heavy (non-hydrogen) atoms. The maximum absolute atomic E-state index is 13.9. The molecular formula is C26H35N3O4. The van der Waals surface area contributed by atoms with Gasteiger partial charge in [-0.05, 0) is 56.9 Å². The van der Waals surface area contributed by atoms with Crippen LogP contribution >= 0.6 is 0 Å². The van der Waals surface area contributed by atoms with Crippen LogP contribution in [0.2, 0.25) is 0 Å². The van der Waals surface area contributed by atoms with E-state index in [4.69, 9.17) is 9.15 Å². The largest absolute Gasteiger partial charge is 0.463 e. The van der Waals surface area contributed by atoms with Crippen LogP contribution in [0, 0.1) is 0 Å². The molecule has 5 rings (SSSR count). The Morgan fingerprint density at radius 1 is 1.06 bits per heavy atom. The third-order valence-electron chi connectivity index (χ3n) is 7.62. The summed E-state index contributed by atoms with van der Waals surface area (Å²) in [6.07, 6.45) is 11.6. The van der Waals surface area contributed by atoms with E-state index in [-0.39, 0.29) is 24.0 Å². The van der Waals surface area contributed by atoms with Crippen LogP contribution < -0.4 is 5.32 Å². The van der Waals surface area contributed by atoms with E-state index in [1.54, 1.807) is 11.2 Å². The van der Waals surface area contributed by atoms with Gasteiger partial charge >= 0.3 is 0 Å². The lowest BCUT2D eigenvalue weighted by molar-refractivity contribution is -0.134. The second-order valence-electron chi connectivity index (χ2n) is 10.0. The van der Waals surface area contributed by atoms with Gasteiger partial charge in [0.2, 0.25) is 5.91 Å². The highest BCUT2D eigenvalue weighted by Crippen LogP contribution is 2.34. The highest BCUT2D eigenvalue weighted by atomic mass is 16.5. The van der Waals surface area contributed by atoms with Gasteiger partial charge in [-0.25, -0.2) is 0 Å². The van der Waals surface area contributed by atoms with Gasteiger partial charge in [-0.15, -0.1) is 0 Å². The second-order valence-corrected chi connectivity index (χ2v) is 10.0. The fourth-order valence-corrected chi connectivity index (χ4v) is 5.63. The summed E-state index contributed by atoms with van der Waals surface area (Å²) in [7, 11) is 0. The summed E-state index contributed by atoms with van der Waals surface area (Å²) < 4.78 is 13.4. The van der Waals surface area contributed by atoms with Crippen LogP contribution in [0.4, 0.5) is 0 Å². The minimum atomic E-state index is -1.00. The molecule has 2 aromatic rings. The van der Waals surface area contributed by atoms with Crippen molar-refractivity contribution in [2.75, 3.05) is 13.2 Å². The molecule has 1 saturated carbocycles. The summed E-state index contributed by atoms with van der Waals surface area (Å²) in [4.78, 5) is 29.4. The van der Waals surface area contributed by atoms with Crippen LogP contribution in [-0.2, 0) is 16.1 Å². The first kappa shape index (κ1) is 22.3. The molecule has 2 fully saturated rings. The molecule has 2 aliphatic heterocycles. The zero-order valence-corrected chi connectivity index (χ0v) is 19.6. The smallest absolute Gasteiger partial charge is 0.271 e. The quantitative estimate of drug-likeness (QED) is 0.729. The first-order chi connectivity index (χ1) is 16.1. The molecule has 1 N–H and O–H groups in total. The topological polar surface area (TPSA) is 76.7 Å². The maximum Gasteiger partial charge on any atom is 0.271 e. The highest BCUT2D eigenvalue weighted by molar-refractivity contribution is 6.00. The third-order valence-corrected chi connectivity index (χ3v) is 7.62. The number of carbonyl (C=O) groups excluding carboxylic acids is 2. The fourth-order valence-electron chi connectivity index (χ4n) is 5.63. The van der Waals surface area contributed by atoms with E-state index >= 15 is 0 Å². The summed E-state index contributed by atoms with van der Waals surface area (Å²) in [5.74, 6) is 0.512. The van der Waals surface area contributed by atoms with Crippen molar-refractivity contribution >= 4 is 11.8 Å². The van der Waals surface area contributed by atoms with Gasteiger partial charge in [0.15, 0.2) is 0 Å². The van der Waals surface area contributed by atoms with E-state index in [1.165, 1.54) is 19.3 Å². The molecule has 0 unspecified atom stereocenters. The van der Waals surface area contributed by atoms with E-state index in [1.807, 2.05) is 35.8 Å². The number of hydrogen-bond acceptors (Lipinski definition) is 4. The number of aromatic nitrogens is 1. The lowest BCUT2D eigenvalue weighted by atomic mass is 9.91. The van der Waals surface area contributed by atoms with Crippen molar-refractivity contribution in [2.24, 2.45) is 0 Å². The van der Waals surface area contributed by atoms with E-state index in [0.29, 0.717) is 24.5 Å². The van der Waals surface area contributed by atoms with Crippen LogP contribution in [0.25, 0.3) is 11.5 Å². The molecule has 2 atom stereocenters. The number of hydrogen-bond donors (Lipinski definition) is 1. The van der Waals surface area contributed by atoms with E-state index in [0.717, 1.165) is 50.8 Å². The standard InChI is InChI=1S/C26H35N3O4/c1-26(25(31)27-19-9-5-3-2-4-6-10-19)18-28-21(23-12-8-16-33-23)13-14-22(28)24(30)29(26)17-20-11-7-15-32-20/h8,12-14,16,19-20H,2-7,9-11,15,17-18H2,1H3,(H,27,31)/t20-,26+/m1/s1. The average Bonchev–Trinajstić information content (AvgIpc) is 3.54. The van der Waals surface area contributed by atoms with Crippen molar-refractivity contribution in [2.45, 2.75) is 88.9 Å². The number of nitrogens with one attached hydrogen (secondary N) is 1. The monoisotopic (exact) mass is 453 g/mol. The molecule has 7 heteroatoms. The van der Waals surface area contributed by atoms with E-state index < -0.39 is 5.54 Å². The molecule has 2 aromatic heterocycles. The molecule has 1 aliphatic carbocycles. The van der Waals surface area contributed by atoms with Crippen molar-refractivity contribution in [1.29, 1.82) is 0 Å². The minimum Gasteiger partial charge on any atom is -0.463 e. The lowest BCUT2D eigenvalue weighted by Crippen LogP contribution is -2.66. The Kier molecular flexibility index (Phi) is 6.32. The van der Waals surface area contributed by atoms with Gasteiger partial charge in [-0.3, -0.25) is 9.59 Å². The Balaban J connectivity index is 1.46. The Morgan fingerprint density at radius 2 is 1.82 bits per heavy atom. The maximum atomic E-state index is 13.9. The molecule has 1 saturated heterocycles. The lowest BCUT2D eigenvalue weighted by Gasteiger charge is -2.45. The first-order valence-electron chi connectivity index (χ1n) is 12.5. The Hall–Kier alpha value is -2.54. The van der Waals surface area contributed by atoms with Crippen LogP contribution in [0.15, 0.2) is 34.9 Å². The van der Waals surface area contributed by atoms with Gasteiger partial charge in [-0.2, -0.15) is 0 Å². The summed E-state index contributed by atoms with van der Waals surface area (Å²) in [5.41, 5.74) is 0.416. The molecule has 0 radical (unpaired) electrons. The molecule has 7 nitrogen and oxygen atoms in total. The molecule has 178 valence electrons. The summed E-state index contributed by atoms with van der Waals surface area (Å²) in [6.45, 7) is 3.46. The van der Waals surface area contributed by atoms with Crippen molar-refractivity contribution in [3.05, 3.63) is 36.2 Å². The van der Waals surface area contributed by atoms with Crippen molar-refractivity contribution in [3.63, 3.8) is 0 Å². The number of amides is 2. The molecule has 0 aromatic carbocycles. The molecule has 4 heterocycles. The van der Waals surface area contributed by atoms with E-state index in [9.17, 15) is 9.59 Å². The Morgan fingerprint density at radius 3 is 2.52 bits per heavy atom. The van der Waals surface area contributed by atoms with Gasteiger partial charge in [0.1, 0.15) is 17.0 Å². The minimum absolute atomic E-state index is 0.0199. The van der Waals surface area contributed by atoms with Crippen LogP contribution in [0.5, 0.6) is 0 Å². The molecule has 0 bridgehead atoms. The number of rotatable bonds is 5. The van der Waals surface area contributed by atoms with Gasteiger partial charge in [-0.1, -0.05) is 32.1 Å². The number of furan rings is 1. The van der Waals surface area contributed by atoms with Gasteiger partial charge in [0.05, 0.1) is 24.6 Å². The summed E-state index contributed by atoms with van der Waals surface area (Å²) in [5, 5.41) is 3.34. The Labute approximate surface area is 195 Å². The predicted molar refractivity (Wildman–Crippen MR) is 125 cm³/mol. The van der Waals surface area contributed by atoms with Crippen molar-refractivity contribution < 1.29 is 18.7 Å². The number of nitrogens with zero attached hydrogens (tertiary/aromatic N) is 2. The van der Waals surface area contributed by atoms with Crippen LogP contribution in [-0.4, -0.2) is 52.1 Å². The summed E-state index contributed by atoms with van der Waals surface area (Å²) in [6, 6.07) is 7.65. The number of fused-ring (bicyclic) bond motifs is 1. The van der Waals surface area contributed by atoms with Gasteiger partial charge in [0, 0.05) is 19.2 Å². The van der Waals surface area contributed by atoms with Gasteiger partial charge < -0.3 is 23.9 Å². The molecule has 3 aliphatic rings. The zero-order valence-electron chi connectivity index (χ0n) is 19.6. The van der Waals surface area contributed by atoms with Gasteiger partial charge in [0.25, 0.3) is 5.91 Å². The fraction of sp³-hybridized carbons (Fsp3) is 0.615. The number of ether oxygens (including phenoxy) is 1. The zero-order chi connectivity index (χ0) is 22.8. The molecule has 0 spiro atoms. The number of carbonyl (C=O) groups is 2. The van der Waals surface area contributed by atoms with Crippen LogP contribution in [0.3, 0.4) is 0 Å². The highest BCUT2D eigenvalue weighted by Gasteiger charge is 2.49. The summed E-state index contributed by atoms with van der Waals surface area (Å²) >= 11 is 0. The predicted octanol–water partition coefficient (Wildman–Crippen LogP) is 4.37. The van der Waals surface area contributed by atoms with Crippen LogP contribution in [0.1, 0.15) is 75.2 Å². The van der Waals surface area contributed by atoms with Crippen molar-refractivity contribution in [1.82, 2.24) is 14.8 Å². The SMILES string of the molecule is C[C@@]1(C(=O)NC2CCCCCCC2)Cn2c(ccc2-c2ccco2)C(=O)N1C[C@H]1CCCO1. The first-order valence-corrected chi connectivity index (χ1v) is 12.5. The second kappa shape index (κ2) is 9.37. The molecule has 2 amide bonds. The molecular weight excluding hydrogens is 418 g/mol.